The van der Waals surface area contributed by atoms with Gasteiger partial charge in [-0.25, -0.2) is 9.18 Å². The summed E-state index contributed by atoms with van der Waals surface area (Å²) in [5.74, 6) is -1.33. The highest BCUT2D eigenvalue weighted by atomic mass is 32.1. The second-order valence-corrected chi connectivity index (χ2v) is 7.79. The Morgan fingerprint density at radius 1 is 1.30 bits per heavy atom. The maximum absolute atomic E-state index is 13.5. The van der Waals surface area contributed by atoms with Crippen LogP contribution in [0, 0.1) is 12.7 Å². The molecule has 6 nitrogen and oxygen atoms in total. The molecule has 0 saturated carbocycles. The summed E-state index contributed by atoms with van der Waals surface area (Å²) >= 11 is 1.40. The van der Waals surface area contributed by atoms with E-state index < -0.39 is 5.97 Å². The van der Waals surface area contributed by atoms with Crippen molar-refractivity contribution in [2.24, 2.45) is 0 Å². The van der Waals surface area contributed by atoms with E-state index in [1.54, 1.807) is 10.7 Å². The second-order valence-electron chi connectivity index (χ2n) is 6.73. The monoisotopic (exact) mass is 387 g/mol. The van der Waals surface area contributed by atoms with Gasteiger partial charge in [-0.1, -0.05) is 0 Å². The topological polar surface area (TPSA) is 75.4 Å². The molecule has 1 aromatic carbocycles. The van der Waals surface area contributed by atoms with E-state index in [9.17, 15) is 14.0 Å². The number of piperidine rings is 1. The van der Waals surface area contributed by atoms with Crippen molar-refractivity contribution < 1.29 is 19.1 Å². The fourth-order valence-electron chi connectivity index (χ4n) is 3.52. The zero-order chi connectivity index (χ0) is 19.1. The van der Waals surface area contributed by atoms with E-state index in [2.05, 4.69) is 5.10 Å². The van der Waals surface area contributed by atoms with Gasteiger partial charge in [-0.3, -0.25) is 9.48 Å². The zero-order valence-electron chi connectivity index (χ0n) is 14.7. The van der Waals surface area contributed by atoms with E-state index in [1.807, 2.05) is 11.8 Å². The Kier molecular flexibility index (Phi) is 4.43. The molecule has 1 aliphatic rings. The Morgan fingerprint density at radius 3 is 2.70 bits per heavy atom. The highest BCUT2D eigenvalue weighted by molar-refractivity contribution is 7.21. The summed E-state index contributed by atoms with van der Waals surface area (Å²) in [7, 11) is 0. The number of fused-ring (bicyclic) bond motifs is 1. The van der Waals surface area contributed by atoms with E-state index in [1.165, 1.54) is 35.9 Å². The molecule has 3 aromatic rings. The zero-order valence-corrected chi connectivity index (χ0v) is 15.5. The molecule has 0 aliphatic carbocycles. The maximum atomic E-state index is 13.5. The van der Waals surface area contributed by atoms with Gasteiger partial charge in [0.1, 0.15) is 5.82 Å². The third-order valence-corrected chi connectivity index (χ3v) is 6.33. The van der Waals surface area contributed by atoms with Crippen LogP contribution in [0.5, 0.6) is 0 Å². The molecular weight excluding hydrogens is 369 g/mol. The van der Waals surface area contributed by atoms with Gasteiger partial charge in [0.2, 0.25) is 0 Å². The standard InChI is InChI=1S/C19H18FN3O3S/c1-11-15-8-13(20)2-3-16(15)27-17(11)18(24)22-6-4-14(5-7-22)23-10-12(9-21-23)19(25)26/h2-3,8-10,14H,4-7H2,1H3,(H,25,26). The van der Waals surface area contributed by atoms with Crippen LogP contribution in [0.25, 0.3) is 10.1 Å². The Hall–Kier alpha value is -2.74. The summed E-state index contributed by atoms with van der Waals surface area (Å²) in [5, 5.41) is 13.9. The number of aromatic nitrogens is 2. The van der Waals surface area contributed by atoms with Crippen LogP contribution in [0.15, 0.2) is 30.6 Å². The third kappa shape index (κ3) is 3.21. The lowest BCUT2D eigenvalue weighted by Gasteiger charge is -2.32. The van der Waals surface area contributed by atoms with E-state index >= 15 is 0 Å². The molecule has 3 heterocycles. The quantitative estimate of drug-likeness (QED) is 0.743. The second kappa shape index (κ2) is 6.77. The van der Waals surface area contributed by atoms with E-state index in [0.717, 1.165) is 15.6 Å². The minimum Gasteiger partial charge on any atom is -0.478 e. The number of carbonyl (C=O) groups excluding carboxylic acids is 1. The molecule has 0 spiro atoms. The average Bonchev–Trinajstić information content (AvgIpc) is 3.27. The molecule has 1 N–H and O–H groups in total. The van der Waals surface area contributed by atoms with Crippen molar-refractivity contribution >= 4 is 33.3 Å². The van der Waals surface area contributed by atoms with Gasteiger partial charge in [0.05, 0.1) is 22.7 Å². The van der Waals surface area contributed by atoms with Crippen molar-refractivity contribution in [3.05, 3.63) is 52.4 Å². The summed E-state index contributed by atoms with van der Waals surface area (Å²) < 4.78 is 16.1. The Labute approximate surface area is 158 Å². The molecule has 2 aromatic heterocycles. The minimum absolute atomic E-state index is 0.0285. The van der Waals surface area contributed by atoms with Gasteiger partial charge in [-0.15, -0.1) is 11.3 Å². The van der Waals surface area contributed by atoms with Crippen molar-refractivity contribution in [1.29, 1.82) is 0 Å². The largest absolute Gasteiger partial charge is 0.478 e. The summed E-state index contributed by atoms with van der Waals surface area (Å²) in [5.41, 5.74) is 0.987. The first kappa shape index (κ1) is 17.7. The Bertz CT molecular complexity index is 1030. The number of likely N-dealkylation sites (tertiary alicyclic amines) is 1. The van der Waals surface area contributed by atoms with Crippen molar-refractivity contribution in [2.45, 2.75) is 25.8 Å². The van der Waals surface area contributed by atoms with Crippen LogP contribution in [0.1, 0.15) is 44.5 Å². The normalized spacial score (nSPS) is 15.4. The SMILES string of the molecule is Cc1c(C(=O)N2CCC(n3cc(C(=O)O)cn3)CC2)sc2ccc(F)cc12. The summed E-state index contributed by atoms with van der Waals surface area (Å²) in [6.07, 6.45) is 4.31. The number of aromatic carboxylic acids is 1. The number of thiophene rings is 1. The molecule has 0 unspecified atom stereocenters. The molecule has 1 aliphatic heterocycles. The van der Waals surface area contributed by atoms with Crippen LogP contribution in [0.3, 0.4) is 0 Å². The number of aryl methyl sites for hydroxylation is 1. The number of hydrogen-bond donors (Lipinski definition) is 1. The third-order valence-electron chi connectivity index (χ3n) is 5.07. The Balaban J connectivity index is 1.48. The number of hydrogen-bond acceptors (Lipinski definition) is 4. The van der Waals surface area contributed by atoms with Crippen LogP contribution < -0.4 is 0 Å². The fourth-order valence-corrected chi connectivity index (χ4v) is 4.68. The van der Waals surface area contributed by atoms with Gasteiger partial charge in [0.25, 0.3) is 5.91 Å². The highest BCUT2D eigenvalue weighted by Gasteiger charge is 2.27. The first-order valence-electron chi connectivity index (χ1n) is 8.69. The molecule has 0 radical (unpaired) electrons. The van der Waals surface area contributed by atoms with Crippen molar-refractivity contribution in [3.8, 4) is 0 Å². The van der Waals surface area contributed by atoms with Gasteiger partial charge in [0.15, 0.2) is 0 Å². The van der Waals surface area contributed by atoms with Crippen molar-refractivity contribution in [3.63, 3.8) is 0 Å². The highest BCUT2D eigenvalue weighted by Crippen LogP contribution is 2.33. The van der Waals surface area contributed by atoms with Gasteiger partial charge < -0.3 is 10.0 Å². The van der Waals surface area contributed by atoms with Crippen LogP contribution in [-0.2, 0) is 0 Å². The molecule has 8 heteroatoms. The van der Waals surface area contributed by atoms with E-state index in [0.29, 0.717) is 30.8 Å². The molecule has 27 heavy (non-hydrogen) atoms. The number of halogens is 1. The number of rotatable bonds is 3. The molecule has 1 amide bonds. The summed E-state index contributed by atoms with van der Waals surface area (Å²) in [6.45, 7) is 3.01. The number of carboxylic acid groups (broad SMARTS) is 1. The van der Waals surface area contributed by atoms with Crippen LogP contribution in [0.4, 0.5) is 4.39 Å². The number of carbonyl (C=O) groups is 2. The average molecular weight is 387 g/mol. The van der Waals surface area contributed by atoms with Crippen LogP contribution in [-0.4, -0.2) is 44.8 Å². The lowest BCUT2D eigenvalue weighted by Crippen LogP contribution is -2.39. The van der Waals surface area contributed by atoms with Crippen molar-refractivity contribution in [1.82, 2.24) is 14.7 Å². The molecule has 1 saturated heterocycles. The predicted molar refractivity (Wildman–Crippen MR) is 99.9 cm³/mol. The number of amides is 1. The summed E-state index contributed by atoms with van der Waals surface area (Å²) in [6, 6.07) is 4.68. The number of nitrogens with zero attached hydrogens (tertiary/aromatic N) is 3. The van der Waals surface area contributed by atoms with E-state index in [4.69, 9.17) is 5.11 Å². The molecular formula is C19H18FN3O3S. The van der Waals surface area contributed by atoms with Gasteiger partial charge >= 0.3 is 5.97 Å². The van der Waals surface area contributed by atoms with Gasteiger partial charge in [0, 0.05) is 24.0 Å². The molecule has 140 valence electrons. The summed E-state index contributed by atoms with van der Waals surface area (Å²) in [4.78, 5) is 26.4. The lowest BCUT2D eigenvalue weighted by molar-refractivity contribution is 0.0691. The van der Waals surface area contributed by atoms with Crippen LogP contribution >= 0.6 is 11.3 Å². The fraction of sp³-hybridized carbons (Fsp3) is 0.316. The van der Waals surface area contributed by atoms with Gasteiger partial charge in [-0.05, 0) is 48.9 Å². The maximum Gasteiger partial charge on any atom is 0.338 e. The number of benzene rings is 1. The molecule has 0 atom stereocenters. The minimum atomic E-state index is -0.995. The first-order valence-corrected chi connectivity index (χ1v) is 9.51. The lowest BCUT2D eigenvalue weighted by atomic mass is 10.0. The van der Waals surface area contributed by atoms with Crippen molar-refractivity contribution in [2.75, 3.05) is 13.1 Å². The molecule has 0 bridgehead atoms. The molecule has 1 fully saturated rings. The van der Waals surface area contributed by atoms with E-state index in [-0.39, 0.29) is 23.3 Å². The number of carboxylic acids is 1. The van der Waals surface area contributed by atoms with Gasteiger partial charge in [-0.2, -0.15) is 5.10 Å². The Morgan fingerprint density at radius 2 is 2.04 bits per heavy atom. The molecule has 4 rings (SSSR count). The van der Waals surface area contributed by atoms with Crippen LogP contribution in [0.2, 0.25) is 0 Å². The predicted octanol–water partition coefficient (Wildman–Crippen LogP) is 3.72. The smallest absolute Gasteiger partial charge is 0.338 e. The first-order chi connectivity index (χ1) is 12.9.